The van der Waals surface area contributed by atoms with Crippen LogP contribution in [0, 0.1) is 45.9 Å². The van der Waals surface area contributed by atoms with Crippen molar-refractivity contribution < 1.29 is 13.2 Å². The van der Waals surface area contributed by atoms with Gasteiger partial charge in [-0.2, -0.15) is 29.0 Å². The fourth-order valence-corrected chi connectivity index (χ4v) is 6.53. The molecule has 7 rings (SSSR count). The van der Waals surface area contributed by atoms with Gasteiger partial charge in [0.15, 0.2) is 0 Å². The van der Waals surface area contributed by atoms with E-state index >= 15 is 0 Å². The van der Waals surface area contributed by atoms with E-state index in [4.69, 9.17) is 0 Å². The molecule has 3 heterocycles. The largest absolute Gasteiger partial charge is 0.249 e. The van der Waals surface area contributed by atoms with Gasteiger partial charge < -0.3 is 0 Å². The summed E-state index contributed by atoms with van der Waals surface area (Å²) in [5.74, 6) is -2.05. The van der Waals surface area contributed by atoms with Gasteiger partial charge in [-0.15, -0.1) is 0 Å². The van der Waals surface area contributed by atoms with Crippen molar-refractivity contribution in [3.8, 4) is 18.2 Å². The van der Waals surface area contributed by atoms with Crippen LogP contribution >= 0.6 is 0 Å². The van der Waals surface area contributed by atoms with Gasteiger partial charge in [0, 0.05) is 27.9 Å². The Bertz CT molecular complexity index is 2320. The number of aliphatic imine (C=N–C) groups is 1. The zero-order valence-corrected chi connectivity index (χ0v) is 26.9. The Labute approximate surface area is 292 Å². The van der Waals surface area contributed by atoms with Crippen molar-refractivity contribution in [1.29, 1.82) is 15.8 Å². The summed E-state index contributed by atoms with van der Waals surface area (Å²) in [6.07, 6.45) is 7.96. The molecule has 244 valence electrons. The van der Waals surface area contributed by atoms with Crippen molar-refractivity contribution in [1.82, 2.24) is 9.97 Å². The van der Waals surface area contributed by atoms with E-state index in [1.54, 1.807) is 84.9 Å². The third-order valence-corrected chi connectivity index (χ3v) is 8.87. The second-order valence-electron chi connectivity index (χ2n) is 12.0. The molecule has 0 saturated heterocycles. The number of rotatable bonds is 6. The van der Waals surface area contributed by atoms with Gasteiger partial charge in [-0.25, -0.2) is 15.0 Å². The van der Waals surface area contributed by atoms with Crippen molar-refractivity contribution in [2.45, 2.75) is 25.3 Å². The van der Waals surface area contributed by atoms with Crippen LogP contribution < -0.4 is 0 Å². The van der Waals surface area contributed by atoms with Crippen molar-refractivity contribution >= 4 is 17.1 Å². The second kappa shape index (κ2) is 13.9. The lowest BCUT2D eigenvalue weighted by atomic mass is 9.86. The molecular weight excluding hydrogens is 645 g/mol. The number of pyridine rings is 2. The molecule has 1 fully saturated rings. The van der Waals surface area contributed by atoms with E-state index in [0.717, 1.165) is 5.57 Å². The summed E-state index contributed by atoms with van der Waals surface area (Å²) in [5, 5.41) is 28.7. The number of nitriles is 3. The predicted molar refractivity (Wildman–Crippen MR) is 187 cm³/mol. The molecular formula is C42H25F3N6. The van der Waals surface area contributed by atoms with Gasteiger partial charge in [0.2, 0.25) is 17.9 Å². The lowest BCUT2D eigenvalue weighted by Gasteiger charge is -2.22. The van der Waals surface area contributed by atoms with Gasteiger partial charge in [0.1, 0.15) is 0 Å². The Kier molecular flexibility index (Phi) is 8.91. The number of benzene rings is 2. The van der Waals surface area contributed by atoms with Crippen molar-refractivity contribution in [3.05, 3.63) is 188 Å². The summed E-state index contributed by atoms with van der Waals surface area (Å²) >= 11 is 0. The number of nitrogens with zero attached hydrogens (tertiary/aromatic N) is 6. The molecule has 2 aliphatic carbocycles. The first-order valence-corrected chi connectivity index (χ1v) is 16.1. The fraction of sp³-hybridized carbons (Fsp3) is 0.0952. The number of hydrogen-bond acceptors (Lipinski definition) is 6. The van der Waals surface area contributed by atoms with Crippen molar-refractivity contribution in [2.75, 3.05) is 0 Å². The molecule has 1 unspecified atom stereocenters. The Balaban J connectivity index is 1.67. The molecule has 3 aliphatic rings. The molecule has 0 spiro atoms. The van der Waals surface area contributed by atoms with E-state index in [2.05, 4.69) is 33.2 Å². The first-order chi connectivity index (χ1) is 24.9. The van der Waals surface area contributed by atoms with Crippen LogP contribution in [0.25, 0.3) is 11.1 Å². The minimum atomic E-state index is -0.705. The number of aromatic nitrogens is 2. The van der Waals surface area contributed by atoms with Crippen LogP contribution in [-0.4, -0.2) is 22.0 Å². The maximum atomic E-state index is 15.0. The van der Waals surface area contributed by atoms with E-state index in [1.807, 2.05) is 6.08 Å². The van der Waals surface area contributed by atoms with E-state index < -0.39 is 23.9 Å². The lowest BCUT2D eigenvalue weighted by molar-refractivity contribution is 0.582. The Morgan fingerprint density at radius 2 is 1.18 bits per heavy atom. The zero-order valence-electron chi connectivity index (χ0n) is 26.9. The van der Waals surface area contributed by atoms with Crippen LogP contribution in [-0.2, 0) is 0 Å². The molecule has 4 aromatic rings. The molecule has 0 bridgehead atoms. The predicted octanol–water partition coefficient (Wildman–Crippen LogP) is 8.98. The first kappa shape index (κ1) is 32.6. The van der Waals surface area contributed by atoms with Gasteiger partial charge in [0.25, 0.3) is 0 Å². The monoisotopic (exact) mass is 670 g/mol. The third kappa shape index (κ3) is 6.59. The Morgan fingerprint density at radius 3 is 1.61 bits per heavy atom. The average molecular weight is 671 g/mol. The molecule has 51 heavy (non-hydrogen) atoms. The number of halogens is 3. The summed E-state index contributed by atoms with van der Waals surface area (Å²) in [6.45, 7) is 0. The van der Waals surface area contributed by atoms with Crippen LogP contribution in [0.3, 0.4) is 0 Å². The van der Waals surface area contributed by atoms with Gasteiger partial charge >= 0.3 is 0 Å². The molecule has 0 radical (unpaired) electrons. The summed E-state index contributed by atoms with van der Waals surface area (Å²) in [6, 6.07) is 28.4. The quantitative estimate of drug-likeness (QED) is 0.190. The van der Waals surface area contributed by atoms with Gasteiger partial charge in [-0.3, -0.25) is 0 Å². The summed E-state index contributed by atoms with van der Waals surface area (Å²) in [7, 11) is 0. The molecule has 1 saturated carbocycles. The van der Waals surface area contributed by atoms with Crippen LogP contribution in [0.2, 0.25) is 0 Å². The summed E-state index contributed by atoms with van der Waals surface area (Å²) < 4.78 is 44.8. The number of hydrogen-bond donors (Lipinski definition) is 0. The van der Waals surface area contributed by atoms with E-state index in [0.29, 0.717) is 91.9 Å². The third-order valence-electron chi connectivity index (χ3n) is 8.87. The topological polar surface area (TPSA) is 110 Å². The summed E-state index contributed by atoms with van der Waals surface area (Å²) in [5.41, 5.74) is 7.88. The minimum absolute atomic E-state index is 0.301. The standard InChI is InChI=1S/C42H25F3N6/c43-34-7-1-4-31(49-34)37(28-16-10-25(22-46)11-17-28)40-41(38(32-5-2-8-35(44)50-32)29-18-12-26(23-47)13-19-29)42(40)39(33-6-3-9-36(45)51-33)30-20-14-27(24-48)15-21-30/h1-5,7-14,16-20,33H,6,15,21H2/b40-37-,41-38?,42-39-. The molecule has 9 heteroatoms. The maximum absolute atomic E-state index is 15.0. The van der Waals surface area contributed by atoms with E-state index in [9.17, 15) is 29.0 Å². The second-order valence-corrected chi connectivity index (χ2v) is 12.0. The number of dihydropyridines is 1. The van der Waals surface area contributed by atoms with Crippen molar-refractivity contribution in [3.63, 3.8) is 0 Å². The minimum Gasteiger partial charge on any atom is -0.249 e. The van der Waals surface area contributed by atoms with Crippen molar-refractivity contribution in [2.24, 2.45) is 4.99 Å². The molecule has 1 aliphatic heterocycles. The van der Waals surface area contributed by atoms with Crippen LogP contribution in [0.5, 0.6) is 0 Å². The van der Waals surface area contributed by atoms with Crippen LogP contribution in [0.1, 0.15) is 52.9 Å². The lowest BCUT2D eigenvalue weighted by Crippen LogP contribution is -2.15. The van der Waals surface area contributed by atoms with Gasteiger partial charge in [0.05, 0.1) is 46.8 Å². The highest BCUT2D eigenvalue weighted by Crippen LogP contribution is 2.59. The zero-order chi connectivity index (χ0) is 35.5. The van der Waals surface area contributed by atoms with Gasteiger partial charge in [-0.05, 0) is 108 Å². The maximum Gasteiger partial charge on any atom is 0.213 e. The average Bonchev–Trinajstić information content (AvgIpc) is 3.85. The van der Waals surface area contributed by atoms with Crippen LogP contribution in [0.15, 0.2) is 148 Å². The van der Waals surface area contributed by atoms with Gasteiger partial charge in [-0.1, -0.05) is 48.6 Å². The fourth-order valence-electron chi connectivity index (χ4n) is 6.53. The number of allylic oxidation sites excluding steroid dienone is 7. The highest BCUT2D eigenvalue weighted by Gasteiger charge is 2.44. The van der Waals surface area contributed by atoms with E-state index in [-0.39, 0.29) is 0 Å². The highest BCUT2D eigenvalue weighted by molar-refractivity contribution is 6.07. The first-order valence-electron chi connectivity index (χ1n) is 16.1. The molecule has 2 aromatic carbocycles. The smallest absolute Gasteiger partial charge is 0.213 e. The Hall–Kier alpha value is -6.89. The Morgan fingerprint density at radius 1 is 0.627 bits per heavy atom. The molecule has 6 nitrogen and oxygen atoms in total. The SMILES string of the molecule is N#CC1=CC=C(/C(=C2/C(=C(c3ccc(C#N)cc3)c3cccc(F)n3)/C2=C(\c2ccc(C#N)cc2)c2cccc(F)n2)C2CC=CC(F)=N2)CC1. The molecule has 0 N–H and O–H groups in total. The molecule has 2 aromatic heterocycles. The molecule has 0 amide bonds. The molecule has 1 atom stereocenters. The van der Waals surface area contributed by atoms with Crippen LogP contribution in [0.4, 0.5) is 13.2 Å². The highest BCUT2D eigenvalue weighted by atomic mass is 19.1. The summed E-state index contributed by atoms with van der Waals surface area (Å²) in [4.78, 5) is 13.0. The van der Waals surface area contributed by atoms with E-state index in [1.165, 1.54) is 18.2 Å². The normalized spacial score (nSPS) is 19.4.